The Hall–Kier alpha value is -1.78. The number of hydrogen-bond donors (Lipinski definition) is 0. The summed E-state index contributed by atoms with van der Waals surface area (Å²) in [6.45, 7) is 8.63. The molecule has 1 aromatic heterocycles. The van der Waals surface area contributed by atoms with Crippen LogP contribution in [0, 0.1) is 0 Å². The van der Waals surface area contributed by atoms with Crippen LogP contribution < -0.4 is 4.90 Å². The lowest BCUT2D eigenvalue weighted by atomic mass is 10.0. The van der Waals surface area contributed by atoms with Crippen LogP contribution in [0.5, 0.6) is 0 Å². The fraction of sp³-hybridized carbons (Fsp3) is 0.700. The first kappa shape index (κ1) is 18.0. The van der Waals surface area contributed by atoms with E-state index in [4.69, 9.17) is 9.72 Å². The van der Waals surface area contributed by atoms with Crippen LogP contribution in [0.3, 0.4) is 0 Å². The highest BCUT2D eigenvalue weighted by Crippen LogP contribution is 2.37. The van der Waals surface area contributed by atoms with Crippen molar-refractivity contribution in [1.29, 1.82) is 0 Å². The van der Waals surface area contributed by atoms with E-state index in [9.17, 15) is 4.79 Å². The number of hydrogen-bond acceptors (Lipinski definition) is 4. The summed E-state index contributed by atoms with van der Waals surface area (Å²) in [6.07, 6.45) is 8.69. The van der Waals surface area contributed by atoms with Crippen molar-refractivity contribution >= 4 is 11.9 Å². The van der Waals surface area contributed by atoms with Gasteiger partial charge in [0.2, 0.25) is 0 Å². The summed E-state index contributed by atoms with van der Waals surface area (Å²) >= 11 is 0. The topological polar surface area (TPSA) is 45.7 Å². The minimum atomic E-state index is -0.465. The second-order valence-electron chi connectivity index (χ2n) is 8.15. The molecule has 1 amide bonds. The average molecular weight is 345 g/mol. The summed E-state index contributed by atoms with van der Waals surface area (Å²) in [7, 11) is 0. The molecule has 0 aliphatic carbocycles. The van der Waals surface area contributed by atoms with Crippen molar-refractivity contribution in [3.05, 3.63) is 23.9 Å². The molecular formula is C20H31N3O2. The van der Waals surface area contributed by atoms with E-state index in [2.05, 4.69) is 11.0 Å². The Kier molecular flexibility index (Phi) is 5.50. The van der Waals surface area contributed by atoms with Gasteiger partial charge in [-0.25, -0.2) is 9.78 Å². The summed E-state index contributed by atoms with van der Waals surface area (Å²) in [4.78, 5) is 21.7. The summed E-state index contributed by atoms with van der Waals surface area (Å²) in [6, 6.07) is 4.20. The van der Waals surface area contributed by atoms with Crippen molar-refractivity contribution in [1.82, 2.24) is 9.88 Å². The average Bonchev–Trinajstić information content (AvgIpc) is 2.89. The molecule has 0 radical (unpaired) electrons. The van der Waals surface area contributed by atoms with Crippen molar-refractivity contribution in [2.75, 3.05) is 24.5 Å². The van der Waals surface area contributed by atoms with E-state index >= 15 is 0 Å². The number of pyridine rings is 1. The molecule has 0 saturated carbocycles. The molecule has 0 bridgehead atoms. The quantitative estimate of drug-likeness (QED) is 0.790. The molecular weight excluding hydrogens is 314 g/mol. The maximum Gasteiger partial charge on any atom is 0.410 e. The molecule has 138 valence electrons. The van der Waals surface area contributed by atoms with Crippen LogP contribution in [0.25, 0.3) is 0 Å². The van der Waals surface area contributed by atoms with Crippen molar-refractivity contribution < 1.29 is 9.53 Å². The van der Waals surface area contributed by atoms with Gasteiger partial charge in [0.05, 0.1) is 6.04 Å². The first-order chi connectivity index (χ1) is 12.0. The van der Waals surface area contributed by atoms with Gasteiger partial charge in [-0.1, -0.05) is 18.9 Å². The number of carbonyl (C=O) groups is 1. The van der Waals surface area contributed by atoms with Gasteiger partial charge < -0.3 is 14.5 Å². The van der Waals surface area contributed by atoms with E-state index in [-0.39, 0.29) is 12.1 Å². The van der Waals surface area contributed by atoms with E-state index in [1.807, 2.05) is 37.9 Å². The molecule has 25 heavy (non-hydrogen) atoms. The van der Waals surface area contributed by atoms with Crippen LogP contribution in [0.2, 0.25) is 0 Å². The summed E-state index contributed by atoms with van der Waals surface area (Å²) in [5.41, 5.74) is 0.708. The van der Waals surface area contributed by atoms with Gasteiger partial charge in [0.15, 0.2) is 0 Å². The van der Waals surface area contributed by atoms with Gasteiger partial charge in [0, 0.05) is 31.4 Å². The normalized spacial score (nSPS) is 22.0. The molecule has 0 aromatic carbocycles. The smallest absolute Gasteiger partial charge is 0.410 e. The monoisotopic (exact) mass is 345 g/mol. The van der Waals surface area contributed by atoms with Crippen LogP contribution in [0.1, 0.15) is 70.9 Å². The number of carbonyl (C=O) groups excluding carboxylic acids is 1. The van der Waals surface area contributed by atoms with Crippen molar-refractivity contribution in [3.8, 4) is 0 Å². The van der Waals surface area contributed by atoms with Crippen molar-refractivity contribution in [2.45, 2.75) is 70.9 Å². The molecule has 0 spiro atoms. The first-order valence-electron chi connectivity index (χ1n) is 9.65. The highest BCUT2D eigenvalue weighted by Gasteiger charge is 2.35. The zero-order valence-electron chi connectivity index (χ0n) is 15.8. The second kappa shape index (κ2) is 7.63. The molecule has 3 rings (SSSR count). The number of likely N-dealkylation sites (tertiary alicyclic amines) is 1. The third-order valence-electron chi connectivity index (χ3n) is 4.96. The Morgan fingerprint density at radius 3 is 2.52 bits per heavy atom. The number of ether oxygens (including phenoxy) is 1. The third kappa shape index (κ3) is 4.44. The molecule has 1 unspecified atom stereocenters. The lowest BCUT2D eigenvalue weighted by Crippen LogP contribution is -2.37. The molecule has 2 aliphatic rings. The number of rotatable bonds is 2. The maximum atomic E-state index is 12.7. The van der Waals surface area contributed by atoms with Crippen LogP contribution in [-0.2, 0) is 4.74 Å². The SMILES string of the molecule is CC(C)(C)OC(=O)N1CCCC1c1cccnc1N1CCCCCC1. The van der Waals surface area contributed by atoms with Crippen molar-refractivity contribution in [3.63, 3.8) is 0 Å². The molecule has 0 N–H and O–H groups in total. The Morgan fingerprint density at radius 2 is 1.84 bits per heavy atom. The molecule has 2 saturated heterocycles. The van der Waals surface area contributed by atoms with E-state index in [0.29, 0.717) is 0 Å². The second-order valence-corrected chi connectivity index (χ2v) is 8.15. The minimum Gasteiger partial charge on any atom is -0.444 e. The lowest BCUT2D eigenvalue weighted by molar-refractivity contribution is 0.0224. The van der Waals surface area contributed by atoms with Crippen LogP contribution in [0.4, 0.5) is 10.6 Å². The van der Waals surface area contributed by atoms with Gasteiger partial charge in [0.25, 0.3) is 0 Å². The molecule has 1 atom stereocenters. The van der Waals surface area contributed by atoms with Gasteiger partial charge >= 0.3 is 6.09 Å². The molecule has 2 fully saturated rings. The van der Waals surface area contributed by atoms with Gasteiger partial charge in [-0.2, -0.15) is 0 Å². The largest absolute Gasteiger partial charge is 0.444 e. The Balaban J connectivity index is 1.84. The van der Waals surface area contributed by atoms with E-state index in [1.165, 1.54) is 31.2 Å². The highest BCUT2D eigenvalue weighted by atomic mass is 16.6. The third-order valence-corrected chi connectivity index (χ3v) is 4.96. The molecule has 3 heterocycles. The van der Waals surface area contributed by atoms with Gasteiger partial charge in [0.1, 0.15) is 11.4 Å². The number of anilines is 1. The van der Waals surface area contributed by atoms with Crippen LogP contribution >= 0.6 is 0 Å². The predicted molar refractivity (Wildman–Crippen MR) is 99.8 cm³/mol. The number of aromatic nitrogens is 1. The van der Waals surface area contributed by atoms with Crippen LogP contribution in [0.15, 0.2) is 18.3 Å². The fourth-order valence-corrected chi connectivity index (χ4v) is 3.85. The Bertz CT molecular complexity index is 589. The summed E-state index contributed by atoms with van der Waals surface area (Å²) in [5.74, 6) is 1.06. The van der Waals surface area contributed by atoms with E-state index in [0.717, 1.165) is 38.3 Å². The first-order valence-corrected chi connectivity index (χ1v) is 9.65. The van der Waals surface area contributed by atoms with Crippen molar-refractivity contribution in [2.24, 2.45) is 0 Å². The van der Waals surface area contributed by atoms with E-state index in [1.54, 1.807) is 0 Å². The molecule has 2 aliphatic heterocycles. The van der Waals surface area contributed by atoms with Gasteiger partial charge in [-0.05, 0) is 52.5 Å². The number of amides is 1. The molecule has 5 heteroatoms. The molecule has 1 aromatic rings. The maximum absolute atomic E-state index is 12.7. The molecule has 5 nitrogen and oxygen atoms in total. The Morgan fingerprint density at radius 1 is 1.12 bits per heavy atom. The van der Waals surface area contributed by atoms with Gasteiger partial charge in [-0.15, -0.1) is 0 Å². The van der Waals surface area contributed by atoms with Crippen LogP contribution in [-0.4, -0.2) is 41.2 Å². The summed E-state index contributed by atoms with van der Waals surface area (Å²) < 4.78 is 5.63. The lowest BCUT2D eigenvalue weighted by Gasteiger charge is -2.31. The minimum absolute atomic E-state index is 0.0711. The Labute approximate surface area is 151 Å². The standard InChI is InChI=1S/C20H31N3O2/c1-20(2,3)25-19(24)23-15-9-11-17(23)16-10-8-12-21-18(16)22-13-6-4-5-7-14-22/h8,10,12,17H,4-7,9,11,13-15H2,1-3H3. The predicted octanol–water partition coefficient (Wildman–Crippen LogP) is 4.53. The van der Waals surface area contributed by atoms with Gasteiger partial charge in [-0.3, -0.25) is 0 Å². The highest BCUT2D eigenvalue weighted by molar-refractivity contribution is 5.70. The summed E-state index contributed by atoms with van der Waals surface area (Å²) in [5, 5.41) is 0. The fourth-order valence-electron chi connectivity index (χ4n) is 3.85. The van der Waals surface area contributed by atoms with E-state index < -0.39 is 5.60 Å². The zero-order chi connectivity index (χ0) is 17.9. The number of nitrogens with zero attached hydrogens (tertiary/aromatic N) is 3. The zero-order valence-corrected chi connectivity index (χ0v) is 15.8.